The predicted octanol–water partition coefficient (Wildman–Crippen LogP) is 2.18. The van der Waals surface area contributed by atoms with Gasteiger partial charge in [-0.25, -0.2) is 4.98 Å². The van der Waals surface area contributed by atoms with Crippen LogP contribution in [0, 0.1) is 11.3 Å². The van der Waals surface area contributed by atoms with Crippen LogP contribution in [0.1, 0.15) is 5.56 Å². The van der Waals surface area contributed by atoms with Crippen molar-refractivity contribution in [2.75, 3.05) is 0 Å². The number of nitrogens with one attached hydrogen (secondary N) is 1. The molecule has 0 unspecified atom stereocenters. The Labute approximate surface area is 80.4 Å². The topological polar surface area (TPSA) is 37.9 Å². The fraction of sp³-hybridized carbons (Fsp3) is 0. The third-order valence-corrected chi connectivity index (χ3v) is 2.20. The van der Waals surface area contributed by atoms with E-state index in [4.69, 9.17) is 16.9 Å². The van der Waals surface area contributed by atoms with Crippen LogP contribution in [-0.4, -0.2) is 0 Å². The molecular formula is C10H6ClN2+. The fourth-order valence-corrected chi connectivity index (χ4v) is 1.45. The second kappa shape index (κ2) is 3.04. The highest BCUT2D eigenvalue weighted by atomic mass is 35.5. The Hall–Kier alpha value is -1.59. The molecule has 1 aromatic heterocycles. The van der Waals surface area contributed by atoms with Crippen molar-refractivity contribution in [2.45, 2.75) is 0 Å². The molecule has 2 nitrogen and oxygen atoms in total. The van der Waals surface area contributed by atoms with Gasteiger partial charge in [0.2, 0.25) is 5.52 Å². The molecule has 0 aliphatic rings. The Morgan fingerprint density at radius 2 is 2.15 bits per heavy atom. The zero-order valence-corrected chi connectivity index (χ0v) is 7.47. The van der Waals surface area contributed by atoms with Gasteiger partial charge in [-0.15, -0.1) is 0 Å². The maximum Gasteiger partial charge on any atom is 0.212 e. The van der Waals surface area contributed by atoms with E-state index in [1.165, 1.54) is 0 Å². The third-order valence-electron chi connectivity index (χ3n) is 1.87. The Kier molecular flexibility index (Phi) is 1.88. The number of nitrogens with zero attached hydrogens (tertiary/aromatic N) is 1. The van der Waals surface area contributed by atoms with Gasteiger partial charge < -0.3 is 0 Å². The summed E-state index contributed by atoms with van der Waals surface area (Å²) in [6.45, 7) is 0. The minimum absolute atomic E-state index is 0.619. The zero-order chi connectivity index (χ0) is 9.26. The van der Waals surface area contributed by atoms with E-state index in [9.17, 15) is 0 Å². The molecule has 62 valence electrons. The summed E-state index contributed by atoms with van der Waals surface area (Å²) in [5, 5.41) is 10.2. The van der Waals surface area contributed by atoms with Gasteiger partial charge in [0.05, 0.1) is 22.0 Å². The predicted molar refractivity (Wildman–Crippen MR) is 50.2 cm³/mol. The molecule has 0 radical (unpaired) electrons. The average molecular weight is 190 g/mol. The molecule has 0 fully saturated rings. The van der Waals surface area contributed by atoms with Crippen molar-refractivity contribution < 1.29 is 4.98 Å². The number of halogens is 1. The van der Waals surface area contributed by atoms with E-state index < -0.39 is 0 Å². The summed E-state index contributed by atoms with van der Waals surface area (Å²) in [7, 11) is 0. The number of aromatic amines is 1. The van der Waals surface area contributed by atoms with Crippen molar-refractivity contribution in [3.8, 4) is 6.07 Å². The first-order valence-electron chi connectivity index (χ1n) is 3.81. The van der Waals surface area contributed by atoms with E-state index in [2.05, 4.69) is 11.1 Å². The first-order valence-corrected chi connectivity index (χ1v) is 4.19. The number of hydrogen-bond acceptors (Lipinski definition) is 1. The number of rotatable bonds is 0. The second-order valence-corrected chi connectivity index (χ2v) is 3.10. The van der Waals surface area contributed by atoms with Crippen LogP contribution in [0.5, 0.6) is 0 Å². The highest BCUT2D eigenvalue weighted by Crippen LogP contribution is 2.20. The highest BCUT2D eigenvalue weighted by molar-refractivity contribution is 6.35. The van der Waals surface area contributed by atoms with E-state index in [-0.39, 0.29) is 0 Å². The lowest BCUT2D eigenvalue weighted by atomic mass is 10.1. The van der Waals surface area contributed by atoms with Crippen molar-refractivity contribution in [2.24, 2.45) is 0 Å². The molecule has 0 saturated carbocycles. The van der Waals surface area contributed by atoms with E-state index in [0.717, 1.165) is 10.9 Å². The molecule has 0 amide bonds. The first kappa shape index (κ1) is 8.03. The van der Waals surface area contributed by atoms with Crippen LogP contribution in [0.25, 0.3) is 10.9 Å². The number of benzene rings is 1. The van der Waals surface area contributed by atoms with Crippen LogP contribution in [0.3, 0.4) is 0 Å². The molecule has 3 heteroatoms. The third kappa shape index (κ3) is 1.34. The van der Waals surface area contributed by atoms with Crippen molar-refractivity contribution in [3.63, 3.8) is 0 Å². The van der Waals surface area contributed by atoms with Crippen molar-refractivity contribution in [1.29, 1.82) is 5.26 Å². The van der Waals surface area contributed by atoms with Gasteiger partial charge in [0.1, 0.15) is 0 Å². The Bertz CT molecular complexity index is 500. The van der Waals surface area contributed by atoms with Crippen molar-refractivity contribution in [3.05, 3.63) is 41.0 Å². The molecule has 0 atom stereocenters. The fourth-order valence-electron chi connectivity index (χ4n) is 1.23. The lowest BCUT2D eigenvalue weighted by Gasteiger charge is -1.93. The smallest absolute Gasteiger partial charge is 0.211 e. The van der Waals surface area contributed by atoms with Crippen LogP contribution in [0.4, 0.5) is 0 Å². The van der Waals surface area contributed by atoms with E-state index in [0.29, 0.717) is 10.6 Å². The summed E-state index contributed by atoms with van der Waals surface area (Å²) in [6, 6.07) is 9.22. The summed E-state index contributed by atoms with van der Waals surface area (Å²) in [6.07, 6.45) is 1.77. The lowest BCUT2D eigenvalue weighted by Crippen LogP contribution is -2.01. The van der Waals surface area contributed by atoms with Gasteiger partial charge in [0, 0.05) is 12.1 Å². The summed E-state index contributed by atoms with van der Waals surface area (Å²) in [4.78, 5) is 3.05. The number of fused-ring (bicyclic) bond motifs is 1. The van der Waals surface area contributed by atoms with Crippen LogP contribution >= 0.6 is 11.6 Å². The number of aromatic nitrogens is 1. The quantitative estimate of drug-likeness (QED) is 0.626. The van der Waals surface area contributed by atoms with Gasteiger partial charge in [-0.1, -0.05) is 11.6 Å². The molecule has 1 aromatic carbocycles. The number of hydrogen-bond donors (Lipinski definition) is 0. The Balaban J connectivity index is 2.84. The number of nitriles is 1. The monoisotopic (exact) mass is 189 g/mol. The van der Waals surface area contributed by atoms with Gasteiger partial charge in [-0.3, -0.25) is 0 Å². The highest BCUT2D eigenvalue weighted by Gasteiger charge is 2.04. The average Bonchev–Trinajstić information content (AvgIpc) is 2.18. The van der Waals surface area contributed by atoms with Gasteiger partial charge in [-0.05, 0) is 12.1 Å². The molecule has 1 heterocycles. The van der Waals surface area contributed by atoms with E-state index >= 15 is 0 Å². The largest absolute Gasteiger partial charge is 0.212 e. The summed E-state index contributed by atoms with van der Waals surface area (Å²) >= 11 is 5.96. The zero-order valence-electron chi connectivity index (χ0n) is 6.71. The number of pyridine rings is 1. The van der Waals surface area contributed by atoms with Crippen molar-refractivity contribution in [1.82, 2.24) is 0 Å². The van der Waals surface area contributed by atoms with Gasteiger partial charge >= 0.3 is 0 Å². The minimum Gasteiger partial charge on any atom is -0.211 e. The molecule has 0 saturated heterocycles. The maximum atomic E-state index is 8.68. The van der Waals surface area contributed by atoms with Gasteiger partial charge in [0.15, 0.2) is 6.20 Å². The molecular weight excluding hydrogens is 184 g/mol. The normalized spacial score (nSPS) is 9.85. The van der Waals surface area contributed by atoms with Gasteiger partial charge in [-0.2, -0.15) is 5.26 Å². The molecule has 2 aromatic rings. The summed E-state index contributed by atoms with van der Waals surface area (Å²) in [5.74, 6) is 0. The van der Waals surface area contributed by atoms with Crippen LogP contribution in [-0.2, 0) is 0 Å². The summed E-state index contributed by atoms with van der Waals surface area (Å²) < 4.78 is 0. The maximum absolute atomic E-state index is 8.68. The summed E-state index contributed by atoms with van der Waals surface area (Å²) in [5.41, 5.74) is 1.56. The molecule has 2 rings (SSSR count). The van der Waals surface area contributed by atoms with Crippen molar-refractivity contribution >= 4 is 22.5 Å². The Morgan fingerprint density at radius 3 is 2.92 bits per heavy atom. The van der Waals surface area contributed by atoms with Crippen LogP contribution in [0.15, 0.2) is 30.5 Å². The van der Waals surface area contributed by atoms with E-state index in [1.807, 2.05) is 6.07 Å². The van der Waals surface area contributed by atoms with Gasteiger partial charge in [0.25, 0.3) is 0 Å². The Morgan fingerprint density at radius 1 is 1.31 bits per heavy atom. The molecule has 0 aliphatic carbocycles. The molecule has 0 spiro atoms. The minimum atomic E-state index is 0.619. The van der Waals surface area contributed by atoms with E-state index in [1.54, 1.807) is 24.4 Å². The standard InChI is InChI=1S/C10H5ClN2/c11-9-3-4-13-10-2-1-7(6-12)5-8(9)10/h1-5H/p+1. The number of H-pyrrole nitrogens is 1. The van der Waals surface area contributed by atoms with Crippen LogP contribution in [0.2, 0.25) is 5.02 Å². The molecule has 0 aliphatic heterocycles. The molecule has 1 N–H and O–H groups in total. The van der Waals surface area contributed by atoms with Crippen LogP contribution < -0.4 is 4.98 Å². The molecule has 13 heavy (non-hydrogen) atoms. The second-order valence-electron chi connectivity index (χ2n) is 2.70. The first-order chi connectivity index (χ1) is 6.31. The SMILES string of the molecule is N#Cc1ccc2[nH+]ccc(Cl)c2c1. The lowest BCUT2D eigenvalue weighted by molar-refractivity contribution is -0.344. The molecule has 0 bridgehead atoms.